The van der Waals surface area contributed by atoms with E-state index in [0.717, 1.165) is 95.4 Å². The van der Waals surface area contributed by atoms with Gasteiger partial charge in [0, 0.05) is 77.4 Å². The van der Waals surface area contributed by atoms with Crippen LogP contribution >= 0.6 is 0 Å². The lowest BCUT2D eigenvalue weighted by Crippen LogP contribution is -2.61. The molecular formula is C134H132BN3. The Hall–Kier alpha value is -13.8. The number of fused-ring (bicyclic) bond motifs is 7. The summed E-state index contributed by atoms with van der Waals surface area (Å²) in [4.78, 5) is 5.57. The van der Waals surface area contributed by atoms with Crippen LogP contribution in [0.5, 0.6) is 0 Å². The van der Waals surface area contributed by atoms with Crippen LogP contribution in [0.1, 0.15) is 232 Å². The third-order valence-electron chi connectivity index (χ3n) is 30.9. The van der Waals surface area contributed by atoms with E-state index < -0.39 is 0 Å². The van der Waals surface area contributed by atoms with Crippen molar-refractivity contribution in [3.63, 3.8) is 0 Å². The summed E-state index contributed by atoms with van der Waals surface area (Å²) in [6, 6.07) is 149. The first kappa shape index (κ1) is 91.9. The van der Waals surface area contributed by atoms with Crippen molar-refractivity contribution in [2.45, 2.75) is 208 Å². The summed E-state index contributed by atoms with van der Waals surface area (Å²) in [5, 5.41) is 2.42. The summed E-state index contributed by atoms with van der Waals surface area (Å²) in [6.07, 6.45) is 0. The molecule has 3 heterocycles. The Labute approximate surface area is 822 Å². The molecule has 0 saturated carbocycles. The molecule has 2 aliphatic heterocycles. The lowest BCUT2D eigenvalue weighted by Gasteiger charge is -2.46. The van der Waals surface area contributed by atoms with E-state index >= 15 is 0 Å². The highest BCUT2D eigenvalue weighted by Crippen LogP contribution is 2.57. The maximum Gasteiger partial charge on any atom is 0.252 e. The van der Waals surface area contributed by atoms with Crippen LogP contribution in [0.2, 0.25) is 0 Å². The number of hydrogen-bond acceptors (Lipinski definition) is 2. The van der Waals surface area contributed by atoms with Crippen molar-refractivity contribution in [3.8, 4) is 72.4 Å². The van der Waals surface area contributed by atoms with Crippen molar-refractivity contribution in [1.29, 1.82) is 0 Å². The van der Waals surface area contributed by atoms with Crippen molar-refractivity contribution in [3.05, 3.63) is 455 Å². The lowest BCUT2D eigenvalue weighted by atomic mass is 9.33. The van der Waals surface area contributed by atoms with Crippen LogP contribution in [0.25, 0.3) is 94.3 Å². The predicted molar refractivity (Wildman–Crippen MR) is 595 cm³/mol. The van der Waals surface area contributed by atoms with E-state index in [1.54, 1.807) is 0 Å². The fraction of sp³-hybridized carbons (Fsp3) is 0.239. The van der Waals surface area contributed by atoms with Gasteiger partial charge in [-0.2, -0.15) is 0 Å². The molecule has 0 unspecified atom stereocenters. The summed E-state index contributed by atoms with van der Waals surface area (Å²) in [7, 11) is 0. The molecule has 0 N–H and O–H groups in total. The molecule has 1 aromatic heterocycles. The van der Waals surface area contributed by atoms with Gasteiger partial charge >= 0.3 is 0 Å². The second-order valence-corrected chi connectivity index (χ2v) is 46.7. The molecule has 0 saturated heterocycles. The molecule has 0 radical (unpaired) electrons. The van der Waals surface area contributed by atoms with E-state index in [4.69, 9.17) is 0 Å². The Balaban J connectivity index is 0.991. The van der Waals surface area contributed by atoms with Gasteiger partial charge in [0.25, 0.3) is 6.71 Å². The van der Waals surface area contributed by atoms with Crippen LogP contribution in [0.3, 0.4) is 0 Å². The first-order valence-electron chi connectivity index (χ1n) is 50.0. The molecule has 0 fully saturated rings. The van der Waals surface area contributed by atoms with Gasteiger partial charge in [0.1, 0.15) is 0 Å². The molecule has 0 bridgehead atoms. The Morgan fingerprint density at radius 1 is 0.181 bits per heavy atom. The second kappa shape index (κ2) is 34.1. The number of rotatable bonds is 17. The van der Waals surface area contributed by atoms with Gasteiger partial charge in [0.15, 0.2) is 0 Å². The molecule has 0 amide bonds. The molecule has 0 atom stereocenters. The van der Waals surface area contributed by atoms with Crippen LogP contribution < -0.4 is 26.2 Å². The van der Waals surface area contributed by atoms with Crippen LogP contribution in [-0.2, 0) is 48.7 Å². The maximum atomic E-state index is 2.79. The smallest absolute Gasteiger partial charge is 0.252 e. The van der Waals surface area contributed by atoms with Gasteiger partial charge in [-0.15, -0.1) is 0 Å². The minimum Gasteiger partial charge on any atom is -0.310 e. The summed E-state index contributed by atoms with van der Waals surface area (Å²) < 4.78 is 2.62. The quantitative estimate of drug-likeness (QED) is 0.0842. The molecule has 0 spiro atoms. The van der Waals surface area contributed by atoms with Crippen molar-refractivity contribution < 1.29 is 0 Å². The number of anilines is 6. The van der Waals surface area contributed by atoms with Gasteiger partial charge in [-0.25, -0.2) is 0 Å². The minimum absolute atomic E-state index is 0.127. The number of aromatic nitrogens is 1. The normalized spacial score (nSPS) is 13.3. The molecule has 18 aromatic rings. The van der Waals surface area contributed by atoms with E-state index in [-0.39, 0.29) is 55.4 Å². The third kappa shape index (κ3) is 16.5. The van der Waals surface area contributed by atoms with Gasteiger partial charge in [0.2, 0.25) is 0 Å². The first-order chi connectivity index (χ1) is 65.6. The topological polar surface area (TPSA) is 11.4 Å². The molecule has 20 rings (SSSR count). The largest absolute Gasteiger partial charge is 0.310 e. The van der Waals surface area contributed by atoms with Crippen LogP contribution in [0.15, 0.2) is 382 Å². The number of hydrogen-bond donors (Lipinski definition) is 0. The number of para-hydroxylation sites is 3. The zero-order valence-corrected chi connectivity index (χ0v) is 85.3. The monoisotopic (exact) mass is 1790 g/mol. The molecule has 2 aliphatic rings. The third-order valence-corrected chi connectivity index (χ3v) is 30.9. The zero-order chi connectivity index (χ0) is 96.9. The van der Waals surface area contributed by atoms with Crippen LogP contribution in [0.4, 0.5) is 34.1 Å². The molecular weight excluding hydrogens is 1660 g/mol. The second-order valence-electron chi connectivity index (χ2n) is 46.7. The average molecular weight is 1800 g/mol. The average Bonchev–Trinajstić information content (AvgIpc) is 0.871. The number of nitrogens with zero attached hydrogens (tertiary/aromatic N) is 3. The van der Waals surface area contributed by atoms with Gasteiger partial charge in [-0.3, -0.25) is 0 Å². The molecule has 17 aromatic carbocycles. The molecule has 138 heavy (non-hydrogen) atoms. The Morgan fingerprint density at radius 2 is 0.471 bits per heavy atom. The Bertz CT molecular complexity index is 7550. The lowest BCUT2D eigenvalue weighted by molar-refractivity contribution is 0.568. The van der Waals surface area contributed by atoms with E-state index in [1.165, 1.54) is 122 Å². The van der Waals surface area contributed by atoms with Crippen molar-refractivity contribution >= 4 is 79.0 Å². The van der Waals surface area contributed by atoms with Gasteiger partial charge in [0.05, 0.1) is 28.1 Å². The molecule has 686 valence electrons. The standard InChI is InChI=1S/C134H132BN3/c1-126(2,3)100-69-72-118-114(84-100)113-57-36-37-62-117(113)136(118)108-85-121-123-122(86-108)138(125-111(91-44-39-55-102(74-91)133(20,21)97-50-32-26-33-51-97)60-42-61-112(125)92-45-40-56-103(75-92)134(22,23)98-52-34-27-35-53-98)120-71-66-89(94-78-106(129(10,11)12)83-107(79-94)130(13,14)15)81-116(120)135(123)115-80-88(93-76-104(127(4,5)6)82-105(77-93)128(7,8)9)65-70-119(115)137(121)124-109(87-63-67-99(68-64-87)131(16,17)95-46-28-24-29-47-95)58-41-59-110(124)90-43-38-54-101(73-90)132(18,19)96-48-30-25-31-49-96/h24-86H,1-23H3. The highest BCUT2D eigenvalue weighted by atomic mass is 15.2. The molecule has 3 nitrogen and oxygen atoms in total. The van der Waals surface area contributed by atoms with Crippen molar-refractivity contribution in [2.75, 3.05) is 9.80 Å². The van der Waals surface area contributed by atoms with E-state index in [2.05, 4.69) is 556 Å². The fourth-order valence-corrected chi connectivity index (χ4v) is 21.9. The van der Waals surface area contributed by atoms with Crippen LogP contribution in [-0.4, -0.2) is 11.3 Å². The molecule has 0 aliphatic carbocycles. The summed E-state index contributed by atoms with van der Waals surface area (Å²) in [5.41, 5.74) is 41.6. The maximum absolute atomic E-state index is 2.79. The highest BCUT2D eigenvalue weighted by molar-refractivity contribution is 7.00. The summed E-state index contributed by atoms with van der Waals surface area (Å²) in [6.45, 7) is 54.3. The predicted octanol–water partition coefficient (Wildman–Crippen LogP) is 34.7. The van der Waals surface area contributed by atoms with Crippen LogP contribution in [0, 0.1) is 0 Å². The van der Waals surface area contributed by atoms with E-state index in [0.29, 0.717) is 0 Å². The fourth-order valence-electron chi connectivity index (χ4n) is 21.9. The number of benzene rings is 17. The Kier molecular flexibility index (Phi) is 22.7. The van der Waals surface area contributed by atoms with Crippen molar-refractivity contribution in [1.82, 2.24) is 4.57 Å². The van der Waals surface area contributed by atoms with E-state index in [9.17, 15) is 0 Å². The van der Waals surface area contributed by atoms with Gasteiger partial charge < -0.3 is 14.4 Å². The Morgan fingerprint density at radius 3 is 0.833 bits per heavy atom. The van der Waals surface area contributed by atoms with E-state index in [1.807, 2.05) is 0 Å². The summed E-state index contributed by atoms with van der Waals surface area (Å²) in [5.74, 6) is 0. The SMILES string of the molecule is CC(C)(C)c1cc(-c2ccc3c(c2)B2c4cc(-c5cc(C(C)(C)C)cc(C(C)(C)C)c5)ccc4N(c4c(-c5cccc(C(C)(C)c6ccccc6)c5)cccc4-c4cccc(C(C)(C)c5ccccc5)c4)c4cc(-n5c6ccccc6c6cc(C(C)(C)C)ccc65)cc(c42)N3c2c(-c3ccc(C(C)(C)c4ccccc4)cc3)cccc2-c2cccc(C(C)(C)c3ccccc3)c2)cc(C(C)(C)C)c1. The first-order valence-corrected chi connectivity index (χ1v) is 50.0. The zero-order valence-electron chi connectivity index (χ0n) is 85.3. The van der Waals surface area contributed by atoms with Gasteiger partial charge in [-0.05, 0) is 203 Å². The molecule has 4 heteroatoms. The highest BCUT2D eigenvalue weighted by Gasteiger charge is 2.47. The van der Waals surface area contributed by atoms with Gasteiger partial charge in [-0.1, -0.05) is 499 Å². The van der Waals surface area contributed by atoms with Crippen molar-refractivity contribution in [2.24, 2.45) is 0 Å². The minimum atomic E-state index is -0.388. The summed E-state index contributed by atoms with van der Waals surface area (Å²) >= 11 is 0.